The Labute approximate surface area is 195 Å². The van der Waals surface area contributed by atoms with Crippen LogP contribution >= 0.6 is 11.3 Å². The van der Waals surface area contributed by atoms with Gasteiger partial charge in [-0.05, 0) is 54.5 Å². The number of hydrogen-bond acceptors (Lipinski definition) is 4. The minimum Gasteiger partial charge on any atom is -0.358 e. The molecule has 1 aromatic heterocycles. The van der Waals surface area contributed by atoms with Gasteiger partial charge in [-0.1, -0.05) is 30.3 Å². The van der Waals surface area contributed by atoms with Crippen LogP contribution in [0.25, 0.3) is 10.6 Å². The first-order chi connectivity index (χ1) is 16.0. The fraction of sp³-hybridized carbons (Fsp3) is 0.333. The Bertz CT molecular complexity index is 1180. The Kier molecular flexibility index (Phi) is 6.56. The van der Waals surface area contributed by atoms with Crippen LogP contribution < -0.4 is 0 Å². The molecule has 3 aromatic rings. The lowest BCUT2D eigenvalue weighted by Crippen LogP contribution is -2.23. The molecule has 3 nitrogen and oxygen atoms in total. The molecule has 1 heterocycles. The van der Waals surface area contributed by atoms with Gasteiger partial charge in [-0.3, -0.25) is 0 Å². The third kappa shape index (κ3) is 5.33. The molecule has 1 saturated carbocycles. The van der Waals surface area contributed by atoms with Crippen LogP contribution in [0.1, 0.15) is 57.7 Å². The second-order valence-electron chi connectivity index (χ2n) is 8.16. The number of thiazole rings is 1. The Balaban J connectivity index is 1.57. The fourth-order valence-electron chi connectivity index (χ4n) is 3.67. The van der Waals surface area contributed by atoms with Gasteiger partial charge in [0.05, 0.1) is 22.7 Å². The molecule has 1 unspecified atom stereocenters. The van der Waals surface area contributed by atoms with Crippen LogP contribution in [0.15, 0.2) is 42.5 Å². The van der Waals surface area contributed by atoms with Crippen LogP contribution in [0.4, 0.5) is 26.3 Å². The molecule has 1 N–H and O–H groups in total. The van der Waals surface area contributed by atoms with Gasteiger partial charge in [0.2, 0.25) is 0 Å². The average Bonchev–Trinajstić information content (AvgIpc) is 3.55. The number of ether oxygens (including phenoxy) is 1. The summed E-state index contributed by atoms with van der Waals surface area (Å²) in [4.78, 5) is 4.02. The topological polar surface area (TPSA) is 46.0 Å². The summed E-state index contributed by atoms with van der Waals surface area (Å²) < 4.78 is 85.5. The number of benzene rings is 2. The zero-order chi connectivity index (χ0) is 24.7. The molecule has 0 amide bonds. The van der Waals surface area contributed by atoms with E-state index in [1.54, 1.807) is 18.2 Å². The van der Waals surface area contributed by atoms with Crippen molar-refractivity contribution in [1.29, 1.82) is 5.41 Å². The van der Waals surface area contributed by atoms with Crippen molar-refractivity contribution in [3.63, 3.8) is 0 Å². The molecule has 1 aliphatic carbocycles. The number of nitrogens with one attached hydrogen (secondary N) is 1. The maximum atomic E-state index is 13.9. The molecule has 4 rings (SSSR count). The predicted octanol–water partition coefficient (Wildman–Crippen LogP) is 7.83. The molecular weight excluding hydrogens is 478 g/mol. The Morgan fingerprint density at radius 3 is 2.32 bits per heavy atom. The van der Waals surface area contributed by atoms with Gasteiger partial charge in [0, 0.05) is 11.8 Å². The van der Waals surface area contributed by atoms with Crippen molar-refractivity contribution >= 4 is 17.6 Å². The number of hydrogen-bond donors (Lipinski definition) is 1. The van der Waals surface area contributed by atoms with Crippen LogP contribution in [0.5, 0.6) is 0 Å². The van der Waals surface area contributed by atoms with Crippen LogP contribution in [-0.2, 0) is 17.5 Å². The molecular formula is C24H20F6N2OS. The smallest absolute Gasteiger partial charge is 0.358 e. The number of rotatable bonds is 7. The first kappa shape index (κ1) is 24.4. The average molecular weight is 498 g/mol. The van der Waals surface area contributed by atoms with E-state index in [0.717, 1.165) is 47.4 Å². The van der Waals surface area contributed by atoms with E-state index in [0.29, 0.717) is 17.0 Å². The van der Waals surface area contributed by atoms with E-state index in [1.165, 1.54) is 25.3 Å². The SMILES string of the molecule is Cc1nc(-c2ccc(C(F)(F)F)cc2)sc1C(OCc1ccc(C=N)c(C2CC2)c1)C(F)(F)F. The monoisotopic (exact) mass is 498 g/mol. The van der Waals surface area contributed by atoms with E-state index in [-0.39, 0.29) is 22.2 Å². The summed E-state index contributed by atoms with van der Waals surface area (Å²) in [6.45, 7) is 1.14. The lowest BCUT2D eigenvalue weighted by Gasteiger charge is -2.20. The highest BCUT2D eigenvalue weighted by molar-refractivity contribution is 7.15. The van der Waals surface area contributed by atoms with Gasteiger partial charge >= 0.3 is 12.4 Å². The number of nitrogens with zero attached hydrogens (tertiary/aromatic N) is 1. The molecule has 0 saturated heterocycles. The van der Waals surface area contributed by atoms with Gasteiger partial charge in [-0.15, -0.1) is 11.3 Å². The van der Waals surface area contributed by atoms with Crippen LogP contribution in [-0.4, -0.2) is 17.4 Å². The zero-order valence-electron chi connectivity index (χ0n) is 17.9. The minimum absolute atomic E-state index is 0.111. The molecule has 2 aromatic carbocycles. The highest BCUT2D eigenvalue weighted by atomic mass is 32.1. The summed E-state index contributed by atoms with van der Waals surface area (Å²) in [5.74, 6) is 0.324. The van der Waals surface area contributed by atoms with Gasteiger partial charge in [0.25, 0.3) is 0 Å². The summed E-state index contributed by atoms with van der Waals surface area (Å²) in [7, 11) is 0. The molecule has 10 heteroatoms. The van der Waals surface area contributed by atoms with E-state index < -0.39 is 24.0 Å². The highest BCUT2D eigenvalue weighted by Gasteiger charge is 2.44. The lowest BCUT2D eigenvalue weighted by atomic mass is 10.0. The normalized spacial score (nSPS) is 15.4. The number of halogens is 6. The third-order valence-corrected chi connectivity index (χ3v) is 6.82. The van der Waals surface area contributed by atoms with Crippen molar-refractivity contribution < 1.29 is 31.1 Å². The number of aromatic nitrogens is 1. The summed E-state index contributed by atoms with van der Waals surface area (Å²) >= 11 is 0.753. The molecule has 0 bridgehead atoms. The van der Waals surface area contributed by atoms with Gasteiger partial charge in [-0.2, -0.15) is 26.3 Å². The second-order valence-corrected chi connectivity index (χ2v) is 9.19. The summed E-state index contributed by atoms with van der Waals surface area (Å²) in [6, 6.07) is 9.28. The van der Waals surface area contributed by atoms with E-state index in [4.69, 9.17) is 10.1 Å². The van der Waals surface area contributed by atoms with Gasteiger partial charge in [0.15, 0.2) is 6.10 Å². The largest absolute Gasteiger partial charge is 0.419 e. The number of aryl methyl sites for hydroxylation is 1. The summed E-state index contributed by atoms with van der Waals surface area (Å²) in [5, 5.41) is 7.70. The lowest BCUT2D eigenvalue weighted by molar-refractivity contribution is -0.226. The van der Waals surface area contributed by atoms with Crippen LogP contribution in [0.2, 0.25) is 0 Å². The minimum atomic E-state index is -4.71. The van der Waals surface area contributed by atoms with Gasteiger partial charge in [0.1, 0.15) is 5.01 Å². The third-order valence-electron chi connectivity index (χ3n) is 5.57. The Hall–Kier alpha value is -2.72. The van der Waals surface area contributed by atoms with Gasteiger partial charge < -0.3 is 10.1 Å². The molecule has 1 aliphatic rings. The molecule has 180 valence electrons. The van der Waals surface area contributed by atoms with Crippen molar-refractivity contribution in [2.24, 2.45) is 0 Å². The van der Waals surface area contributed by atoms with Crippen molar-refractivity contribution in [3.05, 3.63) is 75.3 Å². The second kappa shape index (κ2) is 9.14. The Morgan fingerprint density at radius 2 is 1.76 bits per heavy atom. The predicted molar refractivity (Wildman–Crippen MR) is 117 cm³/mol. The standard InChI is InChI=1S/C24H20F6N2OS/c1-13-20(34-22(32-13)16-6-8-18(9-7-16)23(25,26)27)21(24(28,29)30)33-12-14-2-3-17(11-31)19(10-14)15-4-5-15/h2-3,6-11,15,21,31H,4-5,12H2,1H3. The van der Waals surface area contributed by atoms with Crippen LogP contribution in [0.3, 0.4) is 0 Å². The summed E-state index contributed by atoms with van der Waals surface area (Å²) in [5.41, 5.74) is 1.83. The molecule has 0 spiro atoms. The molecule has 1 atom stereocenters. The highest BCUT2D eigenvalue weighted by Crippen LogP contribution is 2.44. The number of alkyl halides is 6. The van der Waals surface area contributed by atoms with E-state index in [1.807, 2.05) is 0 Å². The van der Waals surface area contributed by atoms with Crippen molar-refractivity contribution in [2.75, 3.05) is 0 Å². The fourth-order valence-corrected chi connectivity index (χ4v) is 4.82. The Morgan fingerprint density at radius 1 is 1.09 bits per heavy atom. The van der Waals surface area contributed by atoms with E-state index in [2.05, 4.69) is 4.98 Å². The van der Waals surface area contributed by atoms with Gasteiger partial charge in [-0.25, -0.2) is 4.98 Å². The quantitative estimate of drug-likeness (QED) is 0.267. The molecule has 0 aliphatic heterocycles. The molecule has 1 fully saturated rings. The first-order valence-electron chi connectivity index (χ1n) is 10.4. The van der Waals surface area contributed by atoms with Crippen molar-refractivity contribution in [1.82, 2.24) is 4.98 Å². The van der Waals surface area contributed by atoms with E-state index >= 15 is 0 Å². The van der Waals surface area contributed by atoms with E-state index in [9.17, 15) is 26.3 Å². The molecule has 0 radical (unpaired) electrons. The summed E-state index contributed by atoms with van der Waals surface area (Å²) in [6.07, 6.45) is -8.22. The van der Waals surface area contributed by atoms with Crippen molar-refractivity contribution in [3.8, 4) is 10.6 Å². The van der Waals surface area contributed by atoms with Crippen molar-refractivity contribution in [2.45, 2.75) is 50.7 Å². The van der Waals surface area contributed by atoms with Crippen LogP contribution in [0, 0.1) is 12.3 Å². The first-order valence-corrected chi connectivity index (χ1v) is 11.3. The maximum Gasteiger partial charge on any atom is 0.419 e. The molecule has 34 heavy (non-hydrogen) atoms. The maximum absolute atomic E-state index is 13.9. The zero-order valence-corrected chi connectivity index (χ0v) is 18.7.